The zero-order chi connectivity index (χ0) is 9.68. The molecule has 0 saturated carbocycles. The van der Waals surface area contributed by atoms with Crippen molar-refractivity contribution in [3.05, 3.63) is 23.2 Å². The third-order valence-electron chi connectivity index (χ3n) is 1.26. The van der Waals surface area contributed by atoms with Gasteiger partial charge in [0.05, 0.1) is 15.9 Å². The minimum absolute atomic E-state index is 0.436. The predicted octanol–water partition coefficient (Wildman–Crippen LogP) is 3.65. The van der Waals surface area contributed by atoms with Gasteiger partial charge in [0.2, 0.25) is 0 Å². The molecule has 64 valence electrons. The SMILES string of the molecule is N#CSc1cccc(N=C=S)c1Cl. The second-order valence-electron chi connectivity index (χ2n) is 1.99. The van der Waals surface area contributed by atoms with E-state index >= 15 is 0 Å². The maximum Gasteiger partial charge on any atom is 0.138 e. The van der Waals surface area contributed by atoms with Crippen molar-refractivity contribution in [2.75, 3.05) is 0 Å². The van der Waals surface area contributed by atoms with Crippen molar-refractivity contribution in [3.63, 3.8) is 0 Å². The smallest absolute Gasteiger partial charge is 0.138 e. The summed E-state index contributed by atoms with van der Waals surface area (Å²) in [6.45, 7) is 0. The van der Waals surface area contributed by atoms with Crippen molar-refractivity contribution in [2.45, 2.75) is 4.90 Å². The Kier molecular flexibility index (Phi) is 3.94. The zero-order valence-electron chi connectivity index (χ0n) is 6.32. The van der Waals surface area contributed by atoms with Gasteiger partial charge in [-0.1, -0.05) is 17.7 Å². The molecule has 0 aliphatic carbocycles. The topological polar surface area (TPSA) is 36.1 Å². The van der Waals surface area contributed by atoms with Crippen molar-refractivity contribution in [3.8, 4) is 5.40 Å². The van der Waals surface area contributed by atoms with Crippen LogP contribution < -0.4 is 0 Å². The Morgan fingerprint density at radius 1 is 1.54 bits per heavy atom. The van der Waals surface area contributed by atoms with Crippen LogP contribution in [0.2, 0.25) is 5.02 Å². The lowest BCUT2D eigenvalue weighted by Crippen LogP contribution is -1.73. The number of hydrogen-bond donors (Lipinski definition) is 0. The van der Waals surface area contributed by atoms with Gasteiger partial charge in [0.1, 0.15) is 5.40 Å². The van der Waals surface area contributed by atoms with E-state index in [1.165, 1.54) is 0 Å². The van der Waals surface area contributed by atoms with Crippen molar-refractivity contribution in [2.24, 2.45) is 4.99 Å². The summed E-state index contributed by atoms with van der Waals surface area (Å²) in [5.41, 5.74) is 0.539. The average Bonchev–Trinajstić information content (AvgIpc) is 2.13. The number of rotatable bonds is 2. The maximum absolute atomic E-state index is 8.45. The number of thioether (sulfide) groups is 1. The fourth-order valence-electron chi connectivity index (χ4n) is 0.763. The molecule has 0 N–H and O–H groups in total. The van der Waals surface area contributed by atoms with Gasteiger partial charge < -0.3 is 0 Å². The number of benzene rings is 1. The molecular formula is C8H3ClN2S2. The first kappa shape index (κ1) is 10.2. The first-order valence-corrected chi connectivity index (χ1v) is 4.82. The van der Waals surface area contributed by atoms with Crippen LogP contribution in [0.15, 0.2) is 28.1 Å². The van der Waals surface area contributed by atoms with Gasteiger partial charge in [-0.25, -0.2) is 0 Å². The van der Waals surface area contributed by atoms with Crippen LogP contribution in [0.3, 0.4) is 0 Å². The van der Waals surface area contributed by atoms with Gasteiger partial charge in [0, 0.05) is 4.90 Å². The minimum atomic E-state index is 0.436. The van der Waals surface area contributed by atoms with Crippen molar-refractivity contribution in [1.29, 1.82) is 5.26 Å². The minimum Gasteiger partial charge on any atom is -0.193 e. The Labute approximate surface area is 90.2 Å². The molecule has 0 saturated heterocycles. The van der Waals surface area contributed by atoms with E-state index in [2.05, 4.69) is 22.4 Å². The van der Waals surface area contributed by atoms with E-state index in [4.69, 9.17) is 16.9 Å². The second kappa shape index (κ2) is 5.00. The third-order valence-corrected chi connectivity index (χ3v) is 2.52. The van der Waals surface area contributed by atoms with Gasteiger partial charge in [-0.3, -0.25) is 0 Å². The number of thiocyanates is 1. The summed E-state index contributed by atoms with van der Waals surface area (Å²) in [5.74, 6) is 0. The Morgan fingerprint density at radius 2 is 2.31 bits per heavy atom. The zero-order valence-corrected chi connectivity index (χ0v) is 8.71. The molecule has 5 heteroatoms. The fraction of sp³-hybridized carbons (Fsp3) is 0. The van der Waals surface area contributed by atoms with Crippen LogP contribution in [0.5, 0.6) is 0 Å². The Balaban J connectivity index is 3.19. The Bertz CT molecular complexity index is 405. The highest BCUT2D eigenvalue weighted by Crippen LogP contribution is 2.33. The summed E-state index contributed by atoms with van der Waals surface area (Å²) in [5, 5.41) is 13.1. The number of nitriles is 1. The van der Waals surface area contributed by atoms with Crippen LogP contribution in [-0.2, 0) is 0 Å². The highest BCUT2D eigenvalue weighted by molar-refractivity contribution is 8.03. The third kappa shape index (κ3) is 2.55. The van der Waals surface area contributed by atoms with Crippen LogP contribution in [0.1, 0.15) is 0 Å². The molecule has 1 aromatic carbocycles. The van der Waals surface area contributed by atoms with E-state index in [9.17, 15) is 0 Å². The van der Waals surface area contributed by atoms with Crippen molar-refractivity contribution >= 4 is 46.4 Å². The Morgan fingerprint density at radius 3 is 2.92 bits per heavy atom. The van der Waals surface area contributed by atoms with Gasteiger partial charge in [-0.05, 0) is 36.1 Å². The largest absolute Gasteiger partial charge is 0.193 e. The molecule has 2 nitrogen and oxygen atoms in total. The highest BCUT2D eigenvalue weighted by Gasteiger charge is 2.04. The maximum atomic E-state index is 8.45. The summed E-state index contributed by atoms with van der Waals surface area (Å²) in [7, 11) is 0. The number of halogens is 1. The molecule has 0 radical (unpaired) electrons. The lowest BCUT2D eigenvalue weighted by molar-refractivity contribution is 1.42. The quantitative estimate of drug-likeness (QED) is 0.334. The van der Waals surface area contributed by atoms with Gasteiger partial charge in [-0.2, -0.15) is 10.3 Å². The average molecular weight is 227 g/mol. The molecular weight excluding hydrogens is 224 g/mol. The number of aliphatic imine (C=N–C) groups is 1. The molecule has 0 bridgehead atoms. The van der Waals surface area contributed by atoms with Crippen LogP contribution in [0.4, 0.5) is 5.69 Å². The summed E-state index contributed by atoms with van der Waals surface area (Å²) in [4.78, 5) is 4.44. The van der Waals surface area contributed by atoms with Crippen LogP contribution >= 0.6 is 35.6 Å². The molecule has 1 aromatic rings. The van der Waals surface area contributed by atoms with Crippen LogP contribution in [0.25, 0.3) is 0 Å². The van der Waals surface area contributed by atoms with Crippen LogP contribution in [-0.4, -0.2) is 5.16 Å². The van der Waals surface area contributed by atoms with E-state index in [-0.39, 0.29) is 0 Å². The number of isothiocyanates is 1. The second-order valence-corrected chi connectivity index (χ2v) is 3.37. The molecule has 0 amide bonds. The van der Waals surface area contributed by atoms with E-state index in [0.717, 1.165) is 11.8 Å². The first-order valence-electron chi connectivity index (χ1n) is 3.22. The van der Waals surface area contributed by atoms with Crippen molar-refractivity contribution in [1.82, 2.24) is 0 Å². The lowest BCUT2D eigenvalue weighted by Gasteiger charge is -1.99. The molecule has 0 unspecified atom stereocenters. The van der Waals surface area contributed by atoms with Crippen LogP contribution in [0, 0.1) is 10.7 Å². The van der Waals surface area contributed by atoms with Gasteiger partial charge in [0.25, 0.3) is 0 Å². The monoisotopic (exact) mass is 226 g/mol. The molecule has 1 rings (SSSR count). The number of thiocarbonyl (C=S) groups is 1. The fourth-order valence-corrected chi connectivity index (χ4v) is 1.58. The summed E-state index contributed by atoms with van der Waals surface area (Å²) in [6, 6.07) is 5.22. The van der Waals surface area contributed by atoms with Gasteiger partial charge >= 0.3 is 0 Å². The molecule has 0 heterocycles. The summed E-state index contributed by atoms with van der Waals surface area (Å²) < 4.78 is 0. The highest BCUT2D eigenvalue weighted by atomic mass is 35.5. The van der Waals surface area contributed by atoms with Crippen molar-refractivity contribution < 1.29 is 0 Å². The number of nitrogens with zero attached hydrogens (tertiary/aromatic N) is 2. The predicted molar refractivity (Wildman–Crippen MR) is 57.6 cm³/mol. The molecule has 0 fully saturated rings. The van der Waals surface area contributed by atoms with Gasteiger partial charge in [-0.15, -0.1) is 0 Å². The molecule has 0 atom stereocenters. The molecule has 0 spiro atoms. The Hall–Kier alpha value is -0.850. The molecule has 13 heavy (non-hydrogen) atoms. The standard InChI is InChI=1S/C8H3ClN2S2/c9-8-6(11-5-12)2-1-3-7(8)13-4-10/h1-3H. The molecule has 0 aliphatic heterocycles. The lowest BCUT2D eigenvalue weighted by atomic mass is 10.3. The first-order chi connectivity index (χ1) is 6.29. The van der Waals surface area contributed by atoms with E-state index < -0.39 is 0 Å². The summed E-state index contributed by atoms with van der Waals surface area (Å²) in [6.07, 6.45) is 0. The molecule has 0 aromatic heterocycles. The van der Waals surface area contributed by atoms with E-state index in [1.54, 1.807) is 18.2 Å². The summed E-state index contributed by atoms with van der Waals surface area (Å²) >= 11 is 11.4. The normalized spacial score (nSPS) is 8.62. The van der Waals surface area contributed by atoms with E-state index in [0.29, 0.717) is 15.6 Å². The number of hydrogen-bond acceptors (Lipinski definition) is 4. The van der Waals surface area contributed by atoms with Gasteiger partial charge in [0.15, 0.2) is 0 Å². The van der Waals surface area contributed by atoms with E-state index in [1.807, 2.05) is 5.40 Å². The molecule has 0 aliphatic rings.